The number of pyridine rings is 1. The van der Waals surface area contributed by atoms with Gasteiger partial charge < -0.3 is 15.8 Å². The van der Waals surface area contributed by atoms with Crippen molar-refractivity contribution < 1.29 is 4.74 Å². The summed E-state index contributed by atoms with van der Waals surface area (Å²) in [7, 11) is 0. The molecule has 0 atom stereocenters. The van der Waals surface area contributed by atoms with Gasteiger partial charge in [-0.2, -0.15) is 4.98 Å². The van der Waals surface area contributed by atoms with E-state index < -0.39 is 0 Å². The molecule has 0 bridgehead atoms. The van der Waals surface area contributed by atoms with Crippen LogP contribution in [-0.4, -0.2) is 24.7 Å². The minimum atomic E-state index is 0.323. The van der Waals surface area contributed by atoms with Crippen LogP contribution in [0.1, 0.15) is 19.8 Å². The zero-order valence-corrected chi connectivity index (χ0v) is 9.70. The normalized spacial score (nSPS) is 16.9. The number of hydrogen-bond donors (Lipinski definition) is 2. The molecule has 3 N–H and O–H groups in total. The summed E-state index contributed by atoms with van der Waals surface area (Å²) in [6.07, 6.45) is 2.45. The molecule has 1 fully saturated rings. The third-order valence-electron chi connectivity index (χ3n) is 3.05. The number of nitrogens with one attached hydrogen (secondary N) is 1. The Kier molecular flexibility index (Phi) is 3.29. The summed E-state index contributed by atoms with van der Waals surface area (Å²) in [5, 5.41) is 3.33. The van der Waals surface area contributed by atoms with Crippen LogP contribution in [0.15, 0.2) is 18.2 Å². The Bertz CT molecular complexity index is 350. The fraction of sp³-hybridized carbons (Fsp3) is 0.583. The van der Waals surface area contributed by atoms with Crippen molar-refractivity contribution in [2.24, 2.45) is 11.1 Å². The largest absolute Gasteiger partial charge is 0.478 e. The highest BCUT2D eigenvalue weighted by Crippen LogP contribution is 2.44. The smallest absolute Gasteiger partial charge is 0.215 e. The van der Waals surface area contributed by atoms with Gasteiger partial charge in [-0.25, -0.2) is 0 Å². The monoisotopic (exact) mass is 221 g/mol. The zero-order chi connectivity index (χ0) is 11.4. The first kappa shape index (κ1) is 11.2. The standard InChI is InChI=1S/C12H19N3O/c1-2-16-11-5-3-4-10(15-11)14-9-12(8-13)6-7-12/h3-5H,2,6-9,13H2,1H3,(H,14,15). The summed E-state index contributed by atoms with van der Waals surface area (Å²) in [6.45, 7) is 4.26. The predicted octanol–water partition coefficient (Wildman–Crippen LogP) is 1.63. The summed E-state index contributed by atoms with van der Waals surface area (Å²) < 4.78 is 5.34. The number of nitrogens with two attached hydrogens (primary N) is 1. The Morgan fingerprint density at radius 2 is 2.31 bits per heavy atom. The molecule has 0 amide bonds. The quantitative estimate of drug-likeness (QED) is 0.766. The minimum absolute atomic E-state index is 0.323. The van der Waals surface area contributed by atoms with Gasteiger partial charge in [0.05, 0.1) is 6.61 Å². The molecule has 88 valence electrons. The number of rotatable bonds is 6. The molecule has 2 rings (SSSR count). The number of aromatic nitrogens is 1. The summed E-state index contributed by atoms with van der Waals surface area (Å²) >= 11 is 0. The fourth-order valence-electron chi connectivity index (χ4n) is 1.65. The first-order chi connectivity index (χ1) is 7.78. The van der Waals surface area contributed by atoms with Crippen LogP contribution in [0, 0.1) is 5.41 Å². The van der Waals surface area contributed by atoms with Crippen LogP contribution in [0.5, 0.6) is 5.88 Å². The molecule has 0 aromatic carbocycles. The van der Waals surface area contributed by atoms with E-state index in [0.717, 1.165) is 18.9 Å². The van der Waals surface area contributed by atoms with Gasteiger partial charge in [0, 0.05) is 12.6 Å². The Balaban J connectivity index is 1.91. The van der Waals surface area contributed by atoms with Crippen LogP contribution in [0.25, 0.3) is 0 Å². The van der Waals surface area contributed by atoms with Crippen LogP contribution >= 0.6 is 0 Å². The lowest BCUT2D eigenvalue weighted by Crippen LogP contribution is -2.24. The molecule has 4 heteroatoms. The lowest BCUT2D eigenvalue weighted by molar-refractivity contribution is 0.327. The van der Waals surface area contributed by atoms with E-state index in [1.165, 1.54) is 12.8 Å². The highest BCUT2D eigenvalue weighted by molar-refractivity contribution is 5.37. The minimum Gasteiger partial charge on any atom is -0.478 e. The van der Waals surface area contributed by atoms with Crippen LogP contribution in [-0.2, 0) is 0 Å². The van der Waals surface area contributed by atoms with E-state index in [0.29, 0.717) is 17.9 Å². The van der Waals surface area contributed by atoms with Crippen molar-refractivity contribution >= 4 is 5.82 Å². The summed E-state index contributed by atoms with van der Waals surface area (Å²) in [5.74, 6) is 1.54. The van der Waals surface area contributed by atoms with Gasteiger partial charge >= 0.3 is 0 Å². The zero-order valence-electron chi connectivity index (χ0n) is 9.70. The van der Waals surface area contributed by atoms with Gasteiger partial charge in [0.1, 0.15) is 5.82 Å². The lowest BCUT2D eigenvalue weighted by Gasteiger charge is -2.14. The maximum atomic E-state index is 5.73. The molecule has 0 aliphatic heterocycles. The topological polar surface area (TPSA) is 60.2 Å². The van der Waals surface area contributed by atoms with Gasteiger partial charge in [-0.3, -0.25) is 0 Å². The van der Waals surface area contributed by atoms with Crippen LogP contribution in [0.4, 0.5) is 5.82 Å². The molecule has 4 nitrogen and oxygen atoms in total. The van der Waals surface area contributed by atoms with Crippen molar-refractivity contribution in [3.05, 3.63) is 18.2 Å². The van der Waals surface area contributed by atoms with Crippen LogP contribution in [0.2, 0.25) is 0 Å². The van der Waals surface area contributed by atoms with E-state index in [4.69, 9.17) is 10.5 Å². The second kappa shape index (κ2) is 4.70. The fourth-order valence-corrected chi connectivity index (χ4v) is 1.65. The van der Waals surface area contributed by atoms with Gasteiger partial charge in [0.2, 0.25) is 5.88 Å². The van der Waals surface area contributed by atoms with Gasteiger partial charge in [-0.15, -0.1) is 0 Å². The number of nitrogens with zero attached hydrogens (tertiary/aromatic N) is 1. The second-order valence-corrected chi connectivity index (χ2v) is 4.35. The predicted molar refractivity (Wildman–Crippen MR) is 64.6 cm³/mol. The highest BCUT2D eigenvalue weighted by atomic mass is 16.5. The second-order valence-electron chi connectivity index (χ2n) is 4.35. The molecule has 1 aromatic heterocycles. The molecule has 0 unspecified atom stereocenters. The average Bonchev–Trinajstić information content (AvgIpc) is 3.08. The molecule has 1 aliphatic carbocycles. The maximum Gasteiger partial charge on any atom is 0.215 e. The molecule has 1 aliphatic rings. The summed E-state index contributed by atoms with van der Waals surface area (Å²) in [6, 6.07) is 5.77. The molecule has 1 aromatic rings. The maximum absolute atomic E-state index is 5.73. The first-order valence-electron chi connectivity index (χ1n) is 5.82. The van der Waals surface area contributed by atoms with Crippen LogP contribution < -0.4 is 15.8 Å². The summed E-state index contributed by atoms with van der Waals surface area (Å²) in [5.41, 5.74) is 6.05. The average molecular weight is 221 g/mol. The van der Waals surface area contributed by atoms with E-state index in [1.54, 1.807) is 0 Å². The van der Waals surface area contributed by atoms with Gasteiger partial charge in [0.25, 0.3) is 0 Å². The Morgan fingerprint density at radius 3 is 2.94 bits per heavy atom. The number of hydrogen-bond acceptors (Lipinski definition) is 4. The molecule has 1 heterocycles. The van der Waals surface area contributed by atoms with Gasteiger partial charge in [0.15, 0.2) is 0 Å². The molecule has 1 saturated carbocycles. The molecule has 0 radical (unpaired) electrons. The third-order valence-corrected chi connectivity index (χ3v) is 3.05. The number of anilines is 1. The number of ether oxygens (including phenoxy) is 1. The van der Waals surface area contributed by atoms with Crippen molar-refractivity contribution in [2.75, 3.05) is 25.0 Å². The van der Waals surface area contributed by atoms with Gasteiger partial charge in [-0.05, 0) is 37.8 Å². The van der Waals surface area contributed by atoms with Crippen molar-refractivity contribution in [1.29, 1.82) is 0 Å². The van der Waals surface area contributed by atoms with E-state index >= 15 is 0 Å². The van der Waals surface area contributed by atoms with Crippen molar-refractivity contribution in [1.82, 2.24) is 4.98 Å². The van der Waals surface area contributed by atoms with E-state index in [-0.39, 0.29) is 0 Å². The van der Waals surface area contributed by atoms with Gasteiger partial charge in [-0.1, -0.05) is 6.07 Å². The van der Waals surface area contributed by atoms with Crippen molar-refractivity contribution in [3.63, 3.8) is 0 Å². The van der Waals surface area contributed by atoms with Crippen molar-refractivity contribution in [2.45, 2.75) is 19.8 Å². The summed E-state index contributed by atoms with van der Waals surface area (Å²) in [4.78, 5) is 4.35. The van der Waals surface area contributed by atoms with E-state index in [2.05, 4.69) is 10.3 Å². The lowest BCUT2D eigenvalue weighted by atomic mass is 10.1. The molecular formula is C12H19N3O. The molecule has 0 spiro atoms. The molecule has 16 heavy (non-hydrogen) atoms. The Hall–Kier alpha value is -1.29. The Morgan fingerprint density at radius 1 is 1.50 bits per heavy atom. The third kappa shape index (κ3) is 2.64. The highest BCUT2D eigenvalue weighted by Gasteiger charge is 2.40. The molecule has 0 saturated heterocycles. The first-order valence-corrected chi connectivity index (χ1v) is 5.82. The van der Waals surface area contributed by atoms with E-state index in [1.807, 2.05) is 25.1 Å². The Labute approximate surface area is 96.2 Å². The molecular weight excluding hydrogens is 202 g/mol. The SMILES string of the molecule is CCOc1cccc(NCC2(CN)CC2)n1. The van der Waals surface area contributed by atoms with Crippen molar-refractivity contribution in [3.8, 4) is 5.88 Å². The van der Waals surface area contributed by atoms with E-state index in [9.17, 15) is 0 Å². The van der Waals surface area contributed by atoms with Crippen LogP contribution in [0.3, 0.4) is 0 Å².